The highest BCUT2D eigenvalue weighted by molar-refractivity contribution is 4.90. The van der Waals surface area contributed by atoms with Crippen LogP contribution in [0, 0.1) is 5.92 Å². The minimum atomic E-state index is 0.795. The van der Waals surface area contributed by atoms with Crippen LogP contribution in [0.4, 0.5) is 0 Å². The topological polar surface area (TPSA) is 30.7 Å². The van der Waals surface area contributed by atoms with Gasteiger partial charge in [0.15, 0.2) is 0 Å². The molecule has 1 aliphatic heterocycles. The van der Waals surface area contributed by atoms with Gasteiger partial charge in [-0.25, -0.2) is 0 Å². The van der Waals surface area contributed by atoms with Crippen LogP contribution in [0.2, 0.25) is 0 Å². The van der Waals surface area contributed by atoms with Gasteiger partial charge < -0.3 is 4.57 Å². The van der Waals surface area contributed by atoms with E-state index >= 15 is 0 Å². The van der Waals surface area contributed by atoms with Crippen LogP contribution in [-0.4, -0.2) is 14.8 Å². The Labute approximate surface area is 73.8 Å². The average Bonchev–Trinajstić information content (AvgIpc) is 2.54. The summed E-state index contributed by atoms with van der Waals surface area (Å²) < 4.78 is 2.15. The first-order valence-electron chi connectivity index (χ1n) is 4.73. The van der Waals surface area contributed by atoms with Crippen molar-refractivity contribution in [1.82, 2.24) is 14.8 Å². The van der Waals surface area contributed by atoms with Gasteiger partial charge in [-0.3, -0.25) is 0 Å². The van der Waals surface area contributed by atoms with Crippen molar-refractivity contribution in [3.05, 3.63) is 12.2 Å². The summed E-state index contributed by atoms with van der Waals surface area (Å²) in [6.45, 7) is 7.37. The fourth-order valence-corrected chi connectivity index (χ4v) is 1.43. The van der Waals surface area contributed by atoms with Gasteiger partial charge in [-0.2, -0.15) is 0 Å². The third kappa shape index (κ3) is 1.84. The van der Waals surface area contributed by atoms with Crippen molar-refractivity contribution in [3.8, 4) is 0 Å². The van der Waals surface area contributed by atoms with Gasteiger partial charge in [-0.05, 0) is 12.3 Å². The lowest BCUT2D eigenvalue weighted by Gasteiger charge is -2.18. The van der Waals surface area contributed by atoms with E-state index in [0.717, 1.165) is 24.7 Å². The quantitative estimate of drug-likeness (QED) is 0.590. The fraction of sp³-hybridized carbons (Fsp3) is 0.778. The van der Waals surface area contributed by atoms with Gasteiger partial charge in [-0.1, -0.05) is 20.8 Å². The molecule has 2 rings (SSSR count). The summed E-state index contributed by atoms with van der Waals surface area (Å²) in [6.07, 6.45) is 4.19. The Hall–Kier alpha value is -0.860. The summed E-state index contributed by atoms with van der Waals surface area (Å²) in [4.78, 5) is 0. The molecule has 0 N–H and O–H groups in total. The number of nitrogens with zero attached hydrogens (tertiary/aromatic N) is 3. The second-order valence-electron chi connectivity index (χ2n) is 3.04. The minimum absolute atomic E-state index is 0.795. The Kier molecular flexibility index (Phi) is 3.26. The first-order valence-corrected chi connectivity index (χ1v) is 4.73. The number of aryl methyl sites for hydroxylation is 1. The molecular weight excluding hydrogens is 150 g/mol. The molecule has 1 aliphatic rings. The van der Waals surface area contributed by atoms with Gasteiger partial charge in [0.2, 0.25) is 0 Å². The second-order valence-corrected chi connectivity index (χ2v) is 3.04. The molecule has 1 atom stereocenters. The predicted molar refractivity (Wildman–Crippen MR) is 48.9 cm³/mol. The van der Waals surface area contributed by atoms with E-state index in [2.05, 4.69) is 21.7 Å². The second kappa shape index (κ2) is 4.24. The summed E-state index contributed by atoms with van der Waals surface area (Å²) >= 11 is 0. The molecule has 2 heterocycles. The maximum Gasteiger partial charge on any atom is 0.132 e. The van der Waals surface area contributed by atoms with Gasteiger partial charge in [0.05, 0.1) is 0 Å². The first-order chi connectivity index (χ1) is 5.86. The molecule has 1 aromatic heterocycles. The van der Waals surface area contributed by atoms with Crippen LogP contribution in [-0.2, 0) is 13.0 Å². The Balaban J connectivity index is 0.000000336. The van der Waals surface area contributed by atoms with Crippen LogP contribution in [0.5, 0.6) is 0 Å². The Morgan fingerprint density at radius 3 is 3.00 bits per heavy atom. The van der Waals surface area contributed by atoms with E-state index in [1.807, 2.05) is 20.2 Å². The molecule has 12 heavy (non-hydrogen) atoms. The molecule has 0 bridgehead atoms. The van der Waals surface area contributed by atoms with E-state index < -0.39 is 0 Å². The van der Waals surface area contributed by atoms with Crippen LogP contribution in [0.15, 0.2) is 6.33 Å². The van der Waals surface area contributed by atoms with Crippen molar-refractivity contribution in [2.24, 2.45) is 5.92 Å². The molecule has 3 heteroatoms. The molecule has 0 aromatic carbocycles. The third-order valence-corrected chi connectivity index (χ3v) is 2.06. The van der Waals surface area contributed by atoms with Crippen molar-refractivity contribution >= 4 is 0 Å². The van der Waals surface area contributed by atoms with Crippen LogP contribution in [0.3, 0.4) is 0 Å². The van der Waals surface area contributed by atoms with Gasteiger partial charge in [0.1, 0.15) is 12.2 Å². The van der Waals surface area contributed by atoms with Crippen LogP contribution < -0.4 is 0 Å². The van der Waals surface area contributed by atoms with Gasteiger partial charge >= 0.3 is 0 Å². The largest absolute Gasteiger partial charge is 0.317 e. The molecule has 0 spiro atoms. The Morgan fingerprint density at radius 2 is 2.25 bits per heavy atom. The van der Waals surface area contributed by atoms with E-state index in [9.17, 15) is 0 Å². The highest BCUT2D eigenvalue weighted by Gasteiger charge is 2.14. The standard InChI is InChI=1S/C7H11N3.C2H6/c1-6-2-3-7-9-8-5-10(7)4-6;1-2/h5-6H,2-4H2,1H3;1-2H3. The Bertz CT molecular complexity index is 229. The van der Waals surface area contributed by atoms with Gasteiger partial charge in [0, 0.05) is 13.0 Å². The summed E-state index contributed by atoms with van der Waals surface area (Å²) in [6, 6.07) is 0. The summed E-state index contributed by atoms with van der Waals surface area (Å²) in [7, 11) is 0. The van der Waals surface area contributed by atoms with E-state index in [0.29, 0.717) is 0 Å². The molecule has 0 amide bonds. The molecule has 0 aliphatic carbocycles. The fourth-order valence-electron chi connectivity index (χ4n) is 1.43. The zero-order valence-electron chi connectivity index (χ0n) is 8.12. The zero-order valence-corrected chi connectivity index (χ0v) is 8.12. The van der Waals surface area contributed by atoms with Crippen molar-refractivity contribution in [2.75, 3.05) is 0 Å². The lowest BCUT2D eigenvalue weighted by Crippen LogP contribution is -2.17. The lowest BCUT2D eigenvalue weighted by molar-refractivity contribution is 0.394. The molecule has 0 fully saturated rings. The van der Waals surface area contributed by atoms with Gasteiger partial charge in [0.25, 0.3) is 0 Å². The van der Waals surface area contributed by atoms with Gasteiger partial charge in [-0.15, -0.1) is 10.2 Å². The molecule has 0 saturated carbocycles. The number of rotatable bonds is 0. The molecule has 3 nitrogen and oxygen atoms in total. The number of hydrogen-bond acceptors (Lipinski definition) is 2. The molecule has 1 aromatic rings. The monoisotopic (exact) mass is 167 g/mol. The first kappa shape index (κ1) is 9.23. The number of hydrogen-bond donors (Lipinski definition) is 0. The highest BCUT2D eigenvalue weighted by Crippen LogP contribution is 2.16. The van der Waals surface area contributed by atoms with Crippen molar-refractivity contribution < 1.29 is 0 Å². The third-order valence-electron chi connectivity index (χ3n) is 2.06. The minimum Gasteiger partial charge on any atom is -0.317 e. The van der Waals surface area contributed by atoms with E-state index in [-0.39, 0.29) is 0 Å². The van der Waals surface area contributed by atoms with E-state index in [1.165, 1.54) is 6.42 Å². The zero-order chi connectivity index (χ0) is 8.97. The van der Waals surface area contributed by atoms with E-state index in [4.69, 9.17) is 0 Å². The lowest BCUT2D eigenvalue weighted by atomic mass is 10.0. The number of fused-ring (bicyclic) bond motifs is 1. The number of aromatic nitrogens is 3. The average molecular weight is 167 g/mol. The molecule has 1 unspecified atom stereocenters. The summed E-state index contributed by atoms with van der Waals surface area (Å²) in [5.74, 6) is 1.95. The normalized spacial score (nSPS) is 20.8. The SMILES string of the molecule is CC.CC1CCc2nncn2C1. The maximum atomic E-state index is 4.00. The van der Waals surface area contributed by atoms with Crippen LogP contribution in [0.25, 0.3) is 0 Å². The molecular formula is C9H17N3. The molecule has 0 radical (unpaired) electrons. The molecule has 68 valence electrons. The van der Waals surface area contributed by atoms with Crippen LogP contribution >= 0.6 is 0 Å². The highest BCUT2D eigenvalue weighted by atomic mass is 15.3. The summed E-state index contributed by atoms with van der Waals surface area (Å²) in [5.41, 5.74) is 0. The summed E-state index contributed by atoms with van der Waals surface area (Å²) in [5, 5.41) is 7.86. The Morgan fingerprint density at radius 1 is 1.50 bits per heavy atom. The van der Waals surface area contributed by atoms with Crippen molar-refractivity contribution in [3.63, 3.8) is 0 Å². The predicted octanol–water partition coefficient (Wildman–Crippen LogP) is 1.89. The maximum absolute atomic E-state index is 4.00. The van der Waals surface area contributed by atoms with Crippen LogP contribution in [0.1, 0.15) is 33.0 Å². The van der Waals surface area contributed by atoms with Crippen molar-refractivity contribution in [2.45, 2.75) is 40.2 Å². The van der Waals surface area contributed by atoms with E-state index in [1.54, 1.807) is 0 Å². The smallest absolute Gasteiger partial charge is 0.132 e. The molecule has 0 saturated heterocycles. The van der Waals surface area contributed by atoms with Crippen molar-refractivity contribution in [1.29, 1.82) is 0 Å².